The lowest BCUT2D eigenvalue weighted by Gasteiger charge is -2.27. The van der Waals surface area contributed by atoms with Crippen molar-refractivity contribution in [2.45, 2.75) is 58.6 Å². The van der Waals surface area contributed by atoms with Crippen molar-refractivity contribution in [2.75, 3.05) is 7.05 Å². The molecule has 1 aliphatic rings. The summed E-state index contributed by atoms with van der Waals surface area (Å²) in [5.74, 6) is 1.59. The Morgan fingerprint density at radius 1 is 1.37 bits per heavy atom. The van der Waals surface area contributed by atoms with Crippen LogP contribution in [0.2, 0.25) is 0 Å². The van der Waals surface area contributed by atoms with Gasteiger partial charge in [-0.3, -0.25) is 0 Å². The average Bonchev–Trinajstić information content (AvgIpc) is 2.39. The average molecular weight is 262 g/mol. The molecule has 1 aromatic heterocycles. The molecule has 3 nitrogen and oxygen atoms in total. The molecule has 1 fully saturated rings. The molecule has 0 spiro atoms. The fourth-order valence-corrected chi connectivity index (χ4v) is 2.82. The maximum absolute atomic E-state index is 6.12. The lowest BCUT2D eigenvalue weighted by molar-refractivity contribution is 0.123. The Morgan fingerprint density at radius 3 is 2.89 bits per heavy atom. The Hall–Kier alpha value is -1.09. The van der Waals surface area contributed by atoms with Gasteiger partial charge in [-0.25, -0.2) is 4.98 Å². The molecular formula is C16H26N2O. The molecular weight excluding hydrogens is 236 g/mol. The van der Waals surface area contributed by atoms with Crippen LogP contribution >= 0.6 is 0 Å². The van der Waals surface area contributed by atoms with Crippen molar-refractivity contribution in [3.05, 3.63) is 23.4 Å². The summed E-state index contributed by atoms with van der Waals surface area (Å²) in [6, 6.07) is 4.24. The van der Waals surface area contributed by atoms with E-state index in [-0.39, 0.29) is 0 Å². The predicted octanol–water partition coefficient (Wildman–Crippen LogP) is 3.32. The van der Waals surface area contributed by atoms with Gasteiger partial charge in [0.25, 0.3) is 0 Å². The predicted molar refractivity (Wildman–Crippen MR) is 78.4 cm³/mol. The number of aryl methyl sites for hydroxylation is 1. The van der Waals surface area contributed by atoms with Gasteiger partial charge in [0.05, 0.1) is 0 Å². The Bertz CT molecular complexity index is 406. The zero-order valence-electron chi connectivity index (χ0n) is 12.4. The molecule has 0 aliphatic heterocycles. The first-order valence-electron chi connectivity index (χ1n) is 7.52. The molecule has 2 atom stereocenters. The fourth-order valence-electron chi connectivity index (χ4n) is 2.82. The minimum atomic E-state index is 0.353. The first-order valence-corrected chi connectivity index (χ1v) is 7.52. The maximum Gasteiger partial charge on any atom is 0.214 e. The van der Waals surface area contributed by atoms with Gasteiger partial charge < -0.3 is 10.1 Å². The summed E-state index contributed by atoms with van der Waals surface area (Å²) < 4.78 is 6.12. The number of aromatic nitrogens is 1. The SMILES string of the molecule is CCc1cc(CNC)cc(OC2CCCC(C)C2)n1. The maximum atomic E-state index is 6.12. The van der Waals surface area contributed by atoms with E-state index in [1.54, 1.807) is 0 Å². The molecule has 1 N–H and O–H groups in total. The number of nitrogens with one attached hydrogen (secondary N) is 1. The van der Waals surface area contributed by atoms with Crippen LogP contribution in [0.3, 0.4) is 0 Å². The third kappa shape index (κ3) is 4.20. The summed E-state index contributed by atoms with van der Waals surface area (Å²) >= 11 is 0. The second-order valence-corrected chi connectivity index (χ2v) is 5.70. The number of nitrogens with zero attached hydrogens (tertiary/aromatic N) is 1. The van der Waals surface area contributed by atoms with Gasteiger partial charge in [0, 0.05) is 18.3 Å². The number of hydrogen-bond acceptors (Lipinski definition) is 3. The summed E-state index contributed by atoms with van der Waals surface area (Å²) in [5, 5.41) is 3.19. The number of rotatable bonds is 5. The van der Waals surface area contributed by atoms with E-state index in [0.717, 1.165) is 30.5 Å². The molecule has 1 aliphatic carbocycles. The second-order valence-electron chi connectivity index (χ2n) is 5.70. The minimum absolute atomic E-state index is 0.353. The molecule has 1 heterocycles. The zero-order valence-corrected chi connectivity index (χ0v) is 12.4. The Morgan fingerprint density at radius 2 is 2.21 bits per heavy atom. The van der Waals surface area contributed by atoms with Crippen molar-refractivity contribution in [1.82, 2.24) is 10.3 Å². The van der Waals surface area contributed by atoms with Crippen molar-refractivity contribution >= 4 is 0 Å². The molecule has 0 radical (unpaired) electrons. The van der Waals surface area contributed by atoms with Gasteiger partial charge in [-0.05, 0) is 50.3 Å². The van der Waals surface area contributed by atoms with Crippen LogP contribution in [0.15, 0.2) is 12.1 Å². The molecule has 0 bridgehead atoms. The van der Waals surface area contributed by atoms with Crippen LogP contribution in [0, 0.1) is 5.92 Å². The Kier molecular flexibility index (Phi) is 5.20. The largest absolute Gasteiger partial charge is 0.474 e. The highest BCUT2D eigenvalue weighted by molar-refractivity contribution is 5.25. The van der Waals surface area contributed by atoms with E-state index in [1.807, 2.05) is 7.05 Å². The Labute approximate surface area is 116 Å². The summed E-state index contributed by atoms with van der Waals surface area (Å²) in [4.78, 5) is 4.60. The molecule has 2 unspecified atom stereocenters. The summed E-state index contributed by atoms with van der Waals surface area (Å²) in [6.07, 6.45) is 6.26. The molecule has 0 saturated heterocycles. The third-order valence-electron chi connectivity index (χ3n) is 3.83. The lowest BCUT2D eigenvalue weighted by atomic mass is 9.89. The molecule has 1 saturated carbocycles. The van der Waals surface area contributed by atoms with Crippen LogP contribution in [0.5, 0.6) is 5.88 Å². The van der Waals surface area contributed by atoms with Gasteiger partial charge in [0.1, 0.15) is 6.10 Å². The summed E-state index contributed by atoms with van der Waals surface area (Å²) in [7, 11) is 1.97. The second kappa shape index (κ2) is 6.90. The molecule has 2 rings (SSSR count). The van der Waals surface area contributed by atoms with Gasteiger partial charge in [-0.1, -0.05) is 20.3 Å². The molecule has 106 valence electrons. The van der Waals surface area contributed by atoms with Crippen molar-refractivity contribution in [3.63, 3.8) is 0 Å². The van der Waals surface area contributed by atoms with Crippen LogP contribution in [-0.2, 0) is 13.0 Å². The van der Waals surface area contributed by atoms with Gasteiger partial charge in [0.2, 0.25) is 5.88 Å². The number of hydrogen-bond donors (Lipinski definition) is 1. The van der Waals surface area contributed by atoms with E-state index < -0.39 is 0 Å². The highest BCUT2D eigenvalue weighted by Gasteiger charge is 2.20. The minimum Gasteiger partial charge on any atom is -0.474 e. The highest BCUT2D eigenvalue weighted by atomic mass is 16.5. The van der Waals surface area contributed by atoms with Gasteiger partial charge in [-0.15, -0.1) is 0 Å². The van der Waals surface area contributed by atoms with Crippen LogP contribution in [0.4, 0.5) is 0 Å². The van der Waals surface area contributed by atoms with Crippen LogP contribution in [0.1, 0.15) is 50.8 Å². The zero-order chi connectivity index (χ0) is 13.7. The molecule has 1 aromatic rings. The highest BCUT2D eigenvalue weighted by Crippen LogP contribution is 2.27. The third-order valence-corrected chi connectivity index (χ3v) is 3.83. The smallest absolute Gasteiger partial charge is 0.214 e. The summed E-state index contributed by atoms with van der Waals surface area (Å²) in [5.41, 5.74) is 2.37. The van der Waals surface area contributed by atoms with Crippen molar-refractivity contribution in [1.29, 1.82) is 0 Å². The number of pyridine rings is 1. The molecule has 0 aromatic carbocycles. The first-order chi connectivity index (χ1) is 9.21. The van der Waals surface area contributed by atoms with Crippen molar-refractivity contribution in [3.8, 4) is 5.88 Å². The fraction of sp³-hybridized carbons (Fsp3) is 0.688. The van der Waals surface area contributed by atoms with Crippen molar-refractivity contribution < 1.29 is 4.74 Å². The van der Waals surface area contributed by atoms with Gasteiger partial charge in [-0.2, -0.15) is 0 Å². The van der Waals surface area contributed by atoms with Crippen LogP contribution in [0.25, 0.3) is 0 Å². The summed E-state index contributed by atoms with van der Waals surface area (Å²) in [6.45, 7) is 5.32. The standard InChI is InChI=1S/C16H26N2O/c1-4-14-9-13(11-17-3)10-16(18-14)19-15-7-5-6-12(2)8-15/h9-10,12,15,17H,4-8,11H2,1-3H3. The molecule has 19 heavy (non-hydrogen) atoms. The van der Waals surface area contributed by atoms with Crippen LogP contribution in [-0.4, -0.2) is 18.1 Å². The number of ether oxygens (including phenoxy) is 1. The van der Waals surface area contributed by atoms with E-state index in [4.69, 9.17) is 4.74 Å². The van der Waals surface area contributed by atoms with Crippen LogP contribution < -0.4 is 10.1 Å². The van der Waals surface area contributed by atoms with E-state index in [0.29, 0.717) is 6.10 Å². The topological polar surface area (TPSA) is 34.1 Å². The van der Waals surface area contributed by atoms with Crippen molar-refractivity contribution in [2.24, 2.45) is 5.92 Å². The molecule has 0 amide bonds. The van der Waals surface area contributed by atoms with E-state index in [9.17, 15) is 0 Å². The Balaban J connectivity index is 2.07. The monoisotopic (exact) mass is 262 g/mol. The van der Waals surface area contributed by atoms with E-state index in [2.05, 4.69) is 36.3 Å². The normalized spacial score (nSPS) is 23.3. The molecule has 3 heteroatoms. The van der Waals surface area contributed by atoms with E-state index in [1.165, 1.54) is 31.2 Å². The van der Waals surface area contributed by atoms with Gasteiger partial charge >= 0.3 is 0 Å². The van der Waals surface area contributed by atoms with E-state index >= 15 is 0 Å². The lowest BCUT2D eigenvalue weighted by Crippen LogP contribution is -2.24. The quantitative estimate of drug-likeness (QED) is 0.884. The first kappa shape index (κ1) is 14.3. The van der Waals surface area contributed by atoms with Gasteiger partial charge in [0.15, 0.2) is 0 Å².